The van der Waals surface area contributed by atoms with E-state index in [1.807, 2.05) is 40.3 Å². The number of carbonyl (C=O) groups is 2. The Labute approximate surface area is 191 Å². The second-order valence-corrected chi connectivity index (χ2v) is 8.22. The highest BCUT2D eigenvalue weighted by Gasteiger charge is 2.28. The number of halogens is 2. The van der Waals surface area contributed by atoms with Gasteiger partial charge >= 0.3 is 11.9 Å². The summed E-state index contributed by atoms with van der Waals surface area (Å²) in [6.07, 6.45) is 0. The van der Waals surface area contributed by atoms with Crippen molar-refractivity contribution in [3.05, 3.63) is 24.3 Å². The van der Waals surface area contributed by atoms with E-state index in [9.17, 15) is 9.59 Å². The first-order valence-electron chi connectivity index (χ1n) is 9.47. The Kier molecular flexibility index (Phi) is 12.1. The number of ether oxygens (including phenoxy) is 4. The molecule has 0 N–H and O–H groups in total. The number of para-hydroxylation sites is 2. The van der Waals surface area contributed by atoms with Crippen LogP contribution in [0.3, 0.4) is 0 Å². The van der Waals surface area contributed by atoms with E-state index in [-0.39, 0.29) is 76.3 Å². The standard InChI is InChI=1S/C20H32N2O6.2ClH/c1-21(2)9-10-22(3,4)16-20(24)28-14-12-26-18-8-6-5-7-17(18)25-11-13-27-19(23)15-21;;/h5-8H,9-16H2,1-4H3;2*1H/q+2;;/p-2. The lowest BCUT2D eigenvalue weighted by atomic mass is 10.3. The van der Waals surface area contributed by atoms with Gasteiger partial charge in [-0.15, -0.1) is 0 Å². The summed E-state index contributed by atoms with van der Waals surface area (Å²) in [4.78, 5) is 24.3. The molecule has 0 radical (unpaired) electrons. The van der Waals surface area contributed by atoms with Crippen LogP contribution in [0.4, 0.5) is 0 Å². The summed E-state index contributed by atoms with van der Waals surface area (Å²) in [6, 6.07) is 7.23. The van der Waals surface area contributed by atoms with Crippen LogP contribution in [0.5, 0.6) is 11.5 Å². The molecular formula is C20H32Cl2N2O6. The highest BCUT2D eigenvalue weighted by atomic mass is 35.5. The molecular weight excluding hydrogens is 435 g/mol. The summed E-state index contributed by atoms with van der Waals surface area (Å²) in [7, 11) is 7.90. The minimum Gasteiger partial charge on any atom is -1.00 e. The van der Waals surface area contributed by atoms with Crippen molar-refractivity contribution in [2.24, 2.45) is 0 Å². The third-order valence-electron chi connectivity index (χ3n) is 4.48. The van der Waals surface area contributed by atoms with Crippen molar-refractivity contribution in [3.63, 3.8) is 0 Å². The van der Waals surface area contributed by atoms with Gasteiger partial charge in [-0.25, -0.2) is 9.59 Å². The van der Waals surface area contributed by atoms with Crippen LogP contribution in [0.15, 0.2) is 24.3 Å². The molecule has 0 aliphatic carbocycles. The van der Waals surface area contributed by atoms with Crippen LogP contribution in [0.25, 0.3) is 0 Å². The number of esters is 2. The molecule has 1 aromatic rings. The van der Waals surface area contributed by atoms with E-state index in [4.69, 9.17) is 18.9 Å². The topological polar surface area (TPSA) is 71.1 Å². The summed E-state index contributed by atoms with van der Waals surface area (Å²) in [5.41, 5.74) is 0. The minimum atomic E-state index is -0.274. The first-order valence-corrected chi connectivity index (χ1v) is 9.47. The number of fused-ring (bicyclic) bond motifs is 1. The van der Waals surface area contributed by atoms with Crippen LogP contribution < -0.4 is 34.3 Å². The number of cyclic esters (lactones) is 2. The third kappa shape index (κ3) is 10.3. The van der Waals surface area contributed by atoms with Crippen LogP contribution in [0, 0.1) is 0 Å². The molecule has 1 aliphatic heterocycles. The van der Waals surface area contributed by atoms with Gasteiger partial charge in [0.15, 0.2) is 24.6 Å². The Hall–Kier alpha value is -1.74. The van der Waals surface area contributed by atoms with Gasteiger partial charge in [0.2, 0.25) is 0 Å². The molecule has 0 spiro atoms. The quantitative estimate of drug-likeness (QED) is 0.281. The van der Waals surface area contributed by atoms with Crippen LogP contribution in [0.2, 0.25) is 0 Å². The molecule has 0 amide bonds. The van der Waals surface area contributed by atoms with E-state index in [2.05, 4.69) is 0 Å². The number of benzene rings is 1. The molecule has 0 bridgehead atoms. The third-order valence-corrected chi connectivity index (χ3v) is 4.48. The van der Waals surface area contributed by atoms with E-state index in [1.165, 1.54) is 0 Å². The normalized spacial score (nSPS) is 20.1. The van der Waals surface area contributed by atoms with Crippen molar-refractivity contribution < 1.29 is 62.3 Å². The fourth-order valence-corrected chi connectivity index (χ4v) is 2.79. The zero-order valence-electron chi connectivity index (χ0n) is 18.1. The lowest BCUT2D eigenvalue weighted by molar-refractivity contribution is -0.939. The van der Waals surface area contributed by atoms with E-state index in [1.54, 1.807) is 12.1 Å². The fraction of sp³-hybridized carbons (Fsp3) is 0.600. The molecule has 0 unspecified atom stereocenters. The van der Waals surface area contributed by atoms with Gasteiger partial charge in [0.25, 0.3) is 0 Å². The molecule has 0 atom stereocenters. The zero-order valence-corrected chi connectivity index (χ0v) is 19.6. The number of hydrogen-bond acceptors (Lipinski definition) is 6. The summed E-state index contributed by atoms with van der Waals surface area (Å²) >= 11 is 0. The average molecular weight is 467 g/mol. The molecule has 1 aliphatic rings. The maximum Gasteiger partial charge on any atom is 0.361 e. The SMILES string of the molecule is C[N+]1(C)CC[N+](C)(C)CC(=O)OCCOc2ccccc2OCCOC(=O)C1.[Cl-].[Cl-]. The highest BCUT2D eigenvalue weighted by Crippen LogP contribution is 2.26. The predicted molar refractivity (Wildman–Crippen MR) is 103 cm³/mol. The number of nitrogens with zero attached hydrogens (tertiary/aromatic N) is 2. The van der Waals surface area contributed by atoms with Crippen molar-refractivity contribution >= 4 is 11.9 Å². The number of likely N-dealkylation sites (N-methyl/N-ethyl adjacent to an activating group) is 2. The van der Waals surface area contributed by atoms with E-state index < -0.39 is 0 Å². The number of rotatable bonds is 0. The molecule has 0 fully saturated rings. The maximum absolute atomic E-state index is 12.2. The van der Waals surface area contributed by atoms with Crippen molar-refractivity contribution in [1.29, 1.82) is 0 Å². The summed E-state index contributed by atoms with van der Waals surface area (Å²) in [5.74, 6) is 0.563. The van der Waals surface area contributed by atoms with E-state index in [0.29, 0.717) is 20.5 Å². The van der Waals surface area contributed by atoms with Gasteiger partial charge in [0, 0.05) is 0 Å². The fourth-order valence-electron chi connectivity index (χ4n) is 2.79. The molecule has 8 nitrogen and oxygen atoms in total. The van der Waals surface area contributed by atoms with Gasteiger partial charge in [-0.05, 0) is 12.1 Å². The molecule has 1 heterocycles. The van der Waals surface area contributed by atoms with Crippen molar-refractivity contribution in [2.75, 3.05) is 80.8 Å². The van der Waals surface area contributed by atoms with Gasteiger partial charge in [-0.2, -0.15) is 0 Å². The lowest BCUT2D eigenvalue weighted by Crippen LogP contribution is -3.00. The van der Waals surface area contributed by atoms with Crippen LogP contribution in [0.1, 0.15) is 0 Å². The van der Waals surface area contributed by atoms with Gasteiger partial charge in [0.1, 0.15) is 39.5 Å². The van der Waals surface area contributed by atoms with Crippen LogP contribution in [-0.4, -0.2) is 102 Å². The van der Waals surface area contributed by atoms with Crippen molar-refractivity contribution in [2.45, 2.75) is 0 Å². The Bertz CT molecular complexity index is 628. The van der Waals surface area contributed by atoms with Crippen LogP contribution >= 0.6 is 0 Å². The Balaban J connectivity index is 0.00000420. The van der Waals surface area contributed by atoms with E-state index in [0.717, 1.165) is 13.1 Å². The predicted octanol–water partition coefficient (Wildman–Crippen LogP) is -5.30. The van der Waals surface area contributed by atoms with Crippen LogP contribution in [-0.2, 0) is 19.1 Å². The largest absolute Gasteiger partial charge is 1.00 e. The number of hydrogen-bond donors (Lipinski definition) is 0. The van der Waals surface area contributed by atoms with Crippen molar-refractivity contribution in [1.82, 2.24) is 0 Å². The van der Waals surface area contributed by atoms with Gasteiger partial charge in [0.05, 0.1) is 28.2 Å². The van der Waals surface area contributed by atoms with Gasteiger partial charge in [-0.1, -0.05) is 12.1 Å². The number of carbonyl (C=O) groups excluding carboxylic acids is 2. The van der Waals surface area contributed by atoms with Crippen molar-refractivity contribution in [3.8, 4) is 11.5 Å². The zero-order chi connectivity index (χ0) is 20.6. The summed E-state index contributed by atoms with van der Waals surface area (Å²) in [5, 5.41) is 0. The number of quaternary nitrogens is 2. The molecule has 2 rings (SSSR count). The molecule has 0 saturated carbocycles. The molecule has 30 heavy (non-hydrogen) atoms. The molecule has 0 aromatic heterocycles. The Morgan fingerprint density at radius 2 is 0.967 bits per heavy atom. The van der Waals surface area contributed by atoms with Gasteiger partial charge in [-0.3, -0.25) is 0 Å². The molecule has 1 aromatic carbocycles. The average Bonchev–Trinajstić information content (AvgIpc) is 2.60. The monoisotopic (exact) mass is 466 g/mol. The summed E-state index contributed by atoms with van der Waals surface area (Å²) < 4.78 is 22.9. The first kappa shape index (κ1) is 28.3. The Morgan fingerprint density at radius 1 is 0.633 bits per heavy atom. The first-order chi connectivity index (χ1) is 13.2. The molecule has 0 saturated heterocycles. The maximum atomic E-state index is 12.2. The second kappa shape index (κ2) is 12.8. The molecule has 10 heteroatoms. The smallest absolute Gasteiger partial charge is 0.361 e. The van der Waals surface area contributed by atoms with E-state index >= 15 is 0 Å². The second-order valence-electron chi connectivity index (χ2n) is 8.22. The van der Waals surface area contributed by atoms with Gasteiger partial charge < -0.3 is 52.7 Å². The highest BCUT2D eigenvalue weighted by molar-refractivity contribution is 5.71. The lowest BCUT2D eigenvalue weighted by Gasteiger charge is -2.34. The Morgan fingerprint density at radius 3 is 1.33 bits per heavy atom. The molecule has 172 valence electrons. The minimum absolute atomic E-state index is 0. The summed E-state index contributed by atoms with van der Waals surface area (Å²) in [6.45, 7) is 2.77.